The number of hydrogen-bond acceptors (Lipinski definition) is 10. The Kier molecular flexibility index (Phi) is 6.97. The van der Waals surface area contributed by atoms with Gasteiger partial charge in [0.1, 0.15) is 24.1 Å². The first-order chi connectivity index (χ1) is 19.2. The van der Waals surface area contributed by atoms with Crippen LogP contribution < -0.4 is 9.47 Å². The maximum absolute atomic E-state index is 11.6. The summed E-state index contributed by atoms with van der Waals surface area (Å²) in [5.74, 6) is 0.707. The molecule has 3 aliphatic heterocycles. The lowest BCUT2D eigenvalue weighted by molar-refractivity contribution is -0.242. The van der Waals surface area contributed by atoms with E-state index in [4.69, 9.17) is 14.2 Å². The summed E-state index contributed by atoms with van der Waals surface area (Å²) in [6.07, 6.45) is -3.60. The zero-order chi connectivity index (χ0) is 28.1. The molecule has 0 unspecified atom stereocenters. The molecule has 0 aromatic heterocycles. The molecule has 212 valence electrons. The molecule has 3 aromatic carbocycles. The number of methoxy groups -OCH3 is 1. The van der Waals surface area contributed by atoms with Crippen molar-refractivity contribution in [1.82, 2.24) is 4.90 Å². The summed E-state index contributed by atoms with van der Waals surface area (Å²) >= 11 is 0. The largest absolute Gasteiger partial charge is 0.508 e. The molecule has 0 amide bonds. The van der Waals surface area contributed by atoms with Crippen molar-refractivity contribution in [3.63, 3.8) is 0 Å². The zero-order valence-corrected chi connectivity index (χ0v) is 22.0. The molecule has 0 radical (unpaired) electrons. The van der Waals surface area contributed by atoms with Crippen molar-refractivity contribution in [1.29, 1.82) is 0 Å². The molecule has 6 atom stereocenters. The molecule has 0 aliphatic carbocycles. The lowest BCUT2D eigenvalue weighted by Gasteiger charge is -2.47. The number of aliphatic hydroxyl groups excluding tert-OH is 3. The van der Waals surface area contributed by atoms with E-state index in [0.29, 0.717) is 37.1 Å². The fraction of sp³-hybridized carbons (Fsp3) is 0.400. The number of aromatic hydroxyl groups is 3. The molecule has 6 N–H and O–H groups in total. The molecule has 6 rings (SSSR count). The van der Waals surface area contributed by atoms with Gasteiger partial charge in [-0.15, -0.1) is 0 Å². The summed E-state index contributed by atoms with van der Waals surface area (Å²) in [5, 5.41) is 62.0. The highest BCUT2D eigenvalue weighted by atomic mass is 16.7. The maximum Gasteiger partial charge on any atom is 0.229 e. The van der Waals surface area contributed by atoms with Crippen molar-refractivity contribution in [2.24, 2.45) is 0 Å². The van der Waals surface area contributed by atoms with Gasteiger partial charge in [0.15, 0.2) is 23.0 Å². The molecular formula is C30H33NO9. The van der Waals surface area contributed by atoms with Gasteiger partial charge >= 0.3 is 0 Å². The Balaban J connectivity index is 1.40. The first-order valence-corrected chi connectivity index (χ1v) is 13.4. The molecule has 10 nitrogen and oxygen atoms in total. The Labute approximate surface area is 231 Å². The lowest BCUT2D eigenvalue weighted by atomic mass is 9.78. The lowest BCUT2D eigenvalue weighted by Crippen LogP contribution is -2.54. The van der Waals surface area contributed by atoms with Crippen LogP contribution in [-0.4, -0.2) is 80.4 Å². The minimum absolute atomic E-state index is 0.0285. The second-order valence-electron chi connectivity index (χ2n) is 10.7. The fourth-order valence-corrected chi connectivity index (χ4v) is 6.23. The van der Waals surface area contributed by atoms with Gasteiger partial charge in [0.2, 0.25) is 6.29 Å². The summed E-state index contributed by atoms with van der Waals surface area (Å²) in [7, 11) is 1.53. The zero-order valence-electron chi connectivity index (χ0n) is 22.0. The normalized spacial score (nSPS) is 27.8. The first-order valence-electron chi connectivity index (χ1n) is 13.4. The third kappa shape index (κ3) is 4.61. The number of rotatable bonds is 5. The summed E-state index contributed by atoms with van der Waals surface area (Å²) in [6.45, 7) is 0.469. The minimum Gasteiger partial charge on any atom is -0.508 e. The van der Waals surface area contributed by atoms with Gasteiger partial charge in [0.25, 0.3) is 0 Å². The fourth-order valence-electron chi connectivity index (χ4n) is 6.23. The monoisotopic (exact) mass is 551 g/mol. The number of phenols is 3. The molecule has 3 aliphatic rings. The number of benzene rings is 3. The van der Waals surface area contributed by atoms with Gasteiger partial charge in [-0.3, -0.25) is 4.90 Å². The highest BCUT2D eigenvalue weighted by Gasteiger charge is 2.42. The van der Waals surface area contributed by atoms with Gasteiger partial charge in [-0.1, -0.05) is 18.2 Å². The van der Waals surface area contributed by atoms with E-state index in [1.54, 1.807) is 24.3 Å². The summed E-state index contributed by atoms with van der Waals surface area (Å²) < 4.78 is 16.7. The van der Waals surface area contributed by atoms with Gasteiger partial charge in [0, 0.05) is 24.2 Å². The van der Waals surface area contributed by atoms with Crippen LogP contribution in [0.1, 0.15) is 39.9 Å². The number of ether oxygens (including phenoxy) is 3. The van der Waals surface area contributed by atoms with E-state index in [2.05, 4.69) is 4.90 Å². The van der Waals surface area contributed by atoms with Gasteiger partial charge in [-0.2, -0.15) is 0 Å². The van der Waals surface area contributed by atoms with Crippen molar-refractivity contribution < 1.29 is 44.8 Å². The van der Waals surface area contributed by atoms with E-state index >= 15 is 0 Å². The van der Waals surface area contributed by atoms with Crippen LogP contribution in [0.2, 0.25) is 0 Å². The minimum atomic E-state index is -1.50. The topological polar surface area (TPSA) is 152 Å². The van der Waals surface area contributed by atoms with E-state index < -0.39 is 24.6 Å². The number of nitrogens with zero attached hydrogens (tertiary/aromatic N) is 1. The smallest absolute Gasteiger partial charge is 0.229 e. The van der Waals surface area contributed by atoms with Crippen LogP contribution in [0.4, 0.5) is 0 Å². The van der Waals surface area contributed by atoms with E-state index in [9.17, 15) is 30.6 Å². The number of phenolic OH excluding ortho intramolecular Hbond substituents is 3. The second kappa shape index (κ2) is 10.5. The van der Waals surface area contributed by atoms with Gasteiger partial charge in [-0.25, -0.2) is 0 Å². The average molecular weight is 552 g/mol. The maximum atomic E-state index is 11.6. The van der Waals surface area contributed by atoms with Crippen LogP contribution in [0.5, 0.6) is 28.7 Å². The molecule has 0 spiro atoms. The molecule has 1 fully saturated rings. The van der Waals surface area contributed by atoms with Gasteiger partial charge in [-0.05, 0) is 71.8 Å². The molecule has 3 heterocycles. The Hall–Kier alpha value is -3.54. The van der Waals surface area contributed by atoms with Crippen molar-refractivity contribution >= 4 is 0 Å². The molecular weight excluding hydrogens is 518 g/mol. The SMILES string of the molecule is COc1cc2c(cc1O)CCN1[C@H](Cc3ccc(O)cc3)c3c(ccc(O[C@H]4OC[C@H](O)[C@H](O)[C@@H]4O)c3O)C[C@@H]21. The van der Waals surface area contributed by atoms with Crippen LogP contribution in [-0.2, 0) is 24.0 Å². The highest BCUT2D eigenvalue weighted by molar-refractivity contribution is 5.56. The Morgan fingerprint density at radius 2 is 1.70 bits per heavy atom. The molecule has 40 heavy (non-hydrogen) atoms. The third-order valence-corrected chi connectivity index (χ3v) is 8.32. The van der Waals surface area contributed by atoms with Crippen LogP contribution in [0.3, 0.4) is 0 Å². The summed E-state index contributed by atoms with van der Waals surface area (Å²) in [6, 6.07) is 13.9. The van der Waals surface area contributed by atoms with E-state index in [-0.39, 0.29) is 41.7 Å². The van der Waals surface area contributed by atoms with Gasteiger partial charge in [0.05, 0.1) is 13.7 Å². The van der Waals surface area contributed by atoms with Gasteiger partial charge < -0.3 is 44.8 Å². The standard InChI is InChI=1S/C30H33NO9/c1-38-25-13-19-16(12-22(25)33)8-9-31-20(19)11-17-4-7-24(40-30-29(37)27(35)23(34)14-39-30)28(36)26(17)21(31)10-15-2-5-18(32)6-3-15/h2-7,12-13,20-21,23,27,29-30,32-37H,8-11,14H2,1H3/t20-,21+,23-,27-,29-,30+/m0/s1. The van der Waals surface area contributed by atoms with Crippen molar-refractivity contribution in [2.45, 2.75) is 55.9 Å². The Morgan fingerprint density at radius 1 is 0.925 bits per heavy atom. The van der Waals surface area contributed by atoms with E-state index in [1.807, 2.05) is 24.3 Å². The Bertz CT molecular complexity index is 1390. The highest BCUT2D eigenvalue weighted by Crippen LogP contribution is 2.51. The third-order valence-electron chi connectivity index (χ3n) is 8.32. The second-order valence-corrected chi connectivity index (χ2v) is 10.7. The van der Waals surface area contributed by atoms with Crippen molar-refractivity contribution in [3.05, 3.63) is 76.3 Å². The number of fused-ring (bicyclic) bond motifs is 4. The van der Waals surface area contributed by atoms with Crippen LogP contribution in [0.25, 0.3) is 0 Å². The average Bonchev–Trinajstić information content (AvgIpc) is 2.95. The van der Waals surface area contributed by atoms with Crippen LogP contribution >= 0.6 is 0 Å². The van der Waals surface area contributed by atoms with Crippen molar-refractivity contribution in [3.8, 4) is 28.7 Å². The predicted octanol–water partition coefficient (Wildman–Crippen LogP) is 2.07. The molecule has 1 saturated heterocycles. The predicted molar refractivity (Wildman–Crippen MR) is 143 cm³/mol. The number of aliphatic hydroxyl groups is 3. The van der Waals surface area contributed by atoms with Crippen LogP contribution in [0, 0.1) is 0 Å². The number of hydrogen-bond donors (Lipinski definition) is 6. The molecule has 3 aromatic rings. The first kappa shape index (κ1) is 26.7. The van der Waals surface area contributed by atoms with E-state index in [1.165, 1.54) is 7.11 Å². The quantitative estimate of drug-likeness (QED) is 0.278. The van der Waals surface area contributed by atoms with E-state index in [0.717, 1.165) is 22.3 Å². The summed E-state index contributed by atoms with van der Waals surface area (Å²) in [5.41, 5.74) is 4.71. The molecule has 10 heteroatoms. The van der Waals surface area contributed by atoms with Crippen LogP contribution in [0.15, 0.2) is 48.5 Å². The Morgan fingerprint density at radius 3 is 2.45 bits per heavy atom. The summed E-state index contributed by atoms with van der Waals surface area (Å²) in [4.78, 5) is 2.34. The molecule has 0 bridgehead atoms. The van der Waals surface area contributed by atoms with Crippen molar-refractivity contribution in [2.75, 3.05) is 20.3 Å². The molecule has 0 saturated carbocycles.